The number of carbonyl (C=O) groups excluding carboxylic acids is 2. The predicted octanol–water partition coefficient (Wildman–Crippen LogP) is 0.144. The summed E-state index contributed by atoms with van der Waals surface area (Å²) in [7, 11) is 1.55. The first-order chi connectivity index (χ1) is 11.2. The fourth-order valence-electron chi connectivity index (χ4n) is 2.74. The number of carbonyl (C=O) groups is 2. The van der Waals surface area contributed by atoms with Crippen molar-refractivity contribution in [1.82, 2.24) is 24.6 Å². The van der Waals surface area contributed by atoms with Gasteiger partial charge in [0.15, 0.2) is 0 Å². The number of aromatic nitrogens is 3. The number of likely N-dealkylation sites (N-methyl/N-ethyl adjacent to an activating group) is 1. The average Bonchev–Trinajstić information content (AvgIpc) is 2.63. The molecule has 0 unspecified atom stereocenters. The van der Waals surface area contributed by atoms with E-state index in [1.807, 2.05) is 20.8 Å². The van der Waals surface area contributed by atoms with E-state index in [4.69, 9.17) is 0 Å². The predicted molar refractivity (Wildman–Crippen MR) is 89.6 cm³/mol. The smallest absolute Gasteiger partial charge is 0.346 e. The molecule has 0 spiro atoms. The van der Waals surface area contributed by atoms with E-state index in [0.29, 0.717) is 6.54 Å². The molecule has 2 amide bonds. The minimum Gasteiger partial charge on any atom is -0.350 e. The molecule has 1 aromatic rings. The quantitative estimate of drug-likeness (QED) is 0.847. The Morgan fingerprint density at radius 3 is 2.62 bits per heavy atom. The van der Waals surface area contributed by atoms with Crippen LogP contribution < -0.4 is 11.0 Å². The first-order valence-electron chi connectivity index (χ1n) is 8.39. The van der Waals surface area contributed by atoms with Gasteiger partial charge in [0.25, 0.3) is 0 Å². The summed E-state index contributed by atoms with van der Waals surface area (Å²) in [5.74, 6) is 0.208. The van der Waals surface area contributed by atoms with E-state index in [0.717, 1.165) is 31.5 Å². The minimum absolute atomic E-state index is 0.0432. The van der Waals surface area contributed by atoms with Crippen LogP contribution >= 0.6 is 0 Å². The van der Waals surface area contributed by atoms with Gasteiger partial charge in [-0.3, -0.25) is 14.2 Å². The molecule has 8 nitrogen and oxygen atoms in total. The molecule has 2 rings (SSSR count). The number of hydrogen-bond acceptors (Lipinski definition) is 4. The van der Waals surface area contributed by atoms with Crippen molar-refractivity contribution in [2.75, 3.05) is 13.6 Å². The first-order valence-corrected chi connectivity index (χ1v) is 8.39. The maximum absolute atomic E-state index is 12.3. The highest BCUT2D eigenvalue weighted by Gasteiger charge is 2.21. The second kappa shape index (κ2) is 7.19. The molecule has 0 aliphatic carbocycles. The third-order valence-corrected chi connectivity index (χ3v) is 3.89. The molecule has 134 valence electrons. The molecule has 0 fully saturated rings. The molecular weight excluding hydrogens is 310 g/mol. The Morgan fingerprint density at radius 1 is 1.25 bits per heavy atom. The minimum atomic E-state index is -0.348. The van der Waals surface area contributed by atoms with E-state index in [2.05, 4.69) is 10.4 Å². The number of nitrogens with one attached hydrogen (secondary N) is 1. The Kier molecular flexibility index (Phi) is 5.46. The SMILES string of the molecule is CN(CC(=O)NC(C)(C)C)C(=O)Cn1nc2n(c1=O)CCCCC2. The fourth-order valence-corrected chi connectivity index (χ4v) is 2.74. The van der Waals surface area contributed by atoms with Crippen LogP contribution in [0.4, 0.5) is 0 Å². The van der Waals surface area contributed by atoms with Crippen molar-refractivity contribution in [3.05, 3.63) is 16.3 Å². The van der Waals surface area contributed by atoms with Crippen molar-refractivity contribution in [2.45, 2.75) is 65.1 Å². The van der Waals surface area contributed by atoms with E-state index >= 15 is 0 Å². The number of fused-ring (bicyclic) bond motifs is 1. The Balaban J connectivity index is 1.99. The monoisotopic (exact) mass is 337 g/mol. The maximum atomic E-state index is 12.3. The van der Waals surface area contributed by atoms with Gasteiger partial charge in [-0.05, 0) is 33.6 Å². The zero-order valence-corrected chi connectivity index (χ0v) is 15.0. The zero-order valence-electron chi connectivity index (χ0n) is 15.0. The number of amides is 2. The van der Waals surface area contributed by atoms with Crippen LogP contribution in [0.15, 0.2) is 4.79 Å². The van der Waals surface area contributed by atoms with Crippen molar-refractivity contribution in [3.8, 4) is 0 Å². The first kappa shape index (κ1) is 18.2. The van der Waals surface area contributed by atoms with Gasteiger partial charge in [0.05, 0.1) is 6.54 Å². The molecule has 1 N–H and O–H groups in total. The van der Waals surface area contributed by atoms with E-state index in [1.165, 1.54) is 9.58 Å². The molecule has 1 aromatic heterocycles. The fraction of sp³-hybridized carbons (Fsp3) is 0.750. The zero-order chi connectivity index (χ0) is 17.9. The van der Waals surface area contributed by atoms with Crippen molar-refractivity contribution < 1.29 is 9.59 Å². The van der Waals surface area contributed by atoms with Gasteiger partial charge in [-0.2, -0.15) is 5.10 Å². The van der Waals surface area contributed by atoms with Crippen LogP contribution in [0.25, 0.3) is 0 Å². The lowest BCUT2D eigenvalue weighted by atomic mass is 10.1. The molecule has 24 heavy (non-hydrogen) atoms. The van der Waals surface area contributed by atoms with Gasteiger partial charge >= 0.3 is 5.69 Å². The van der Waals surface area contributed by atoms with Crippen LogP contribution in [0.1, 0.15) is 45.9 Å². The lowest BCUT2D eigenvalue weighted by Crippen LogP contribution is -2.47. The Hall–Kier alpha value is -2.12. The molecule has 0 radical (unpaired) electrons. The molecule has 0 atom stereocenters. The van der Waals surface area contributed by atoms with Gasteiger partial charge in [-0.1, -0.05) is 6.42 Å². The van der Waals surface area contributed by atoms with Crippen molar-refractivity contribution in [1.29, 1.82) is 0 Å². The highest BCUT2D eigenvalue weighted by Crippen LogP contribution is 2.10. The van der Waals surface area contributed by atoms with E-state index in [1.54, 1.807) is 11.6 Å². The molecule has 0 saturated carbocycles. The van der Waals surface area contributed by atoms with E-state index in [-0.39, 0.29) is 36.1 Å². The second-order valence-electron chi connectivity index (χ2n) is 7.37. The summed E-state index contributed by atoms with van der Waals surface area (Å²) < 4.78 is 2.87. The lowest BCUT2D eigenvalue weighted by Gasteiger charge is -2.23. The van der Waals surface area contributed by atoms with Gasteiger partial charge in [0, 0.05) is 25.6 Å². The highest BCUT2D eigenvalue weighted by atomic mass is 16.2. The lowest BCUT2D eigenvalue weighted by molar-refractivity contribution is -0.135. The van der Waals surface area contributed by atoms with Crippen LogP contribution in [0.2, 0.25) is 0 Å². The standard InChI is InChI=1S/C16H27N5O3/c1-16(2,3)17-13(22)10-19(4)14(23)11-21-15(24)20-9-7-5-6-8-12(20)18-21/h5-11H2,1-4H3,(H,17,22). The van der Waals surface area contributed by atoms with Crippen LogP contribution in [0, 0.1) is 0 Å². The molecule has 1 aliphatic rings. The third kappa shape index (κ3) is 4.69. The molecule has 0 aromatic carbocycles. The van der Waals surface area contributed by atoms with Crippen LogP contribution in [-0.4, -0.2) is 50.2 Å². The largest absolute Gasteiger partial charge is 0.350 e. The van der Waals surface area contributed by atoms with Crippen molar-refractivity contribution in [2.24, 2.45) is 0 Å². The summed E-state index contributed by atoms with van der Waals surface area (Å²) >= 11 is 0. The van der Waals surface area contributed by atoms with Gasteiger partial charge in [-0.25, -0.2) is 9.48 Å². The summed E-state index contributed by atoms with van der Waals surface area (Å²) in [6, 6.07) is 0. The van der Waals surface area contributed by atoms with Crippen molar-refractivity contribution >= 4 is 11.8 Å². The van der Waals surface area contributed by atoms with Gasteiger partial charge in [-0.15, -0.1) is 0 Å². The van der Waals surface area contributed by atoms with Crippen molar-refractivity contribution in [3.63, 3.8) is 0 Å². The van der Waals surface area contributed by atoms with Gasteiger partial charge in [0.2, 0.25) is 11.8 Å². The Labute approximate surface area is 141 Å². The van der Waals surface area contributed by atoms with Gasteiger partial charge < -0.3 is 10.2 Å². The number of nitrogens with zero attached hydrogens (tertiary/aromatic N) is 4. The number of hydrogen-bond donors (Lipinski definition) is 1. The van der Waals surface area contributed by atoms with Crippen LogP contribution in [0.3, 0.4) is 0 Å². The summed E-state index contributed by atoms with van der Waals surface area (Å²) in [4.78, 5) is 37.8. The summed E-state index contributed by atoms with van der Waals surface area (Å²) in [5, 5.41) is 7.10. The Morgan fingerprint density at radius 2 is 1.96 bits per heavy atom. The molecule has 0 saturated heterocycles. The molecule has 8 heteroatoms. The highest BCUT2D eigenvalue weighted by molar-refractivity contribution is 5.84. The summed E-state index contributed by atoms with van der Waals surface area (Å²) in [6.07, 6.45) is 3.82. The topological polar surface area (TPSA) is 89.2 Å². The molecule has 0 bridgehead atoms. The van der Waals surface area contributed by atoms with E-state index < -0.39 is 0 Å². The van der Waals surface area contributed by atoms with Crippen LogP contribution in [-0.2, 0) is 29.1 Å². The second-order valence-corrected chi connectivity index (χ2v) is 7.37. The number of aryl methyl sites for hydroxylation is 1. The normalized spacial score (nSPS) is 14.7. The Bertz CT molecular complexity index is 668. The summed E-state index contributed by atoms with van der Waals surface area (Å²) in [5.41, 5.74) is -0.591. The summed E-state index contributed by atoms with van der Waals surface area (Å²) in [6.45, 7) is 6.11. The molecule has 1 aliphatic heterocycles. The van der Waals surface area contributed by atoms with Gasteiger partial charge in [0.1, 0.15) is 12.4 Å². The number of rotatable bonds is 4. The molecular formula is C16H27N5O3. The maximum Gasteiger partial charge on any atom is 0.346 e. The van der Waals surface area contributed by atoms with Crippen LogP contribution in [0.5, 0.6) is 0 Å². The van der Waals surface area contributed by atoms with E-state index in [9.17, 15) is 14.4 Å². The third-order valence-electron chi connectivity index (χ3n) is 3.89. The molecule has 2 heterocycles. The average molecular weight is 337 g/mol.